The SMILES string of the molecule is CC1(C)OC(=O)C(=CNc2ccccc2C(=O)NCc2ccc(F)cc2)C(=O)O1. The molecule has 0 bridgehead atoms. The highest BCUT2D eigenvalue weighted by atomic mass is 19.1. The van der Waals surface area contributed by atoms with Crippen LogP contribution in [-0.4, -0.2) is 23.6 Å². The Morgan fingerprint density at radius 2 is 1.66 bits per heavy atom. The van der Waals surface area contributed by atoms with Crippen molar-refractivity contribution < 1.29 is 28.2 Å². The van der Waals surface area contributed by atoms with E-state index in [1.165, 1.54) is 26.0 Å². The average molecular weight is 398 g/mol. The van der Waals surface area contributed by atoms with Gasteiger partial charge in [-0.05, 0) is 29.8 Å². The van der Waals surface area contributed by atoms with Crippen molar-refractivity contribution in [1.82, 2.24) is 5.32 Å². The monoisotopic (exact) mass is 398 g/mol. The minimum Gasteiger partial charge on any atom is -0.419 e. The Hall–Kier alpha value is -3.68. The summed E-state index contributed by atoms with van der Waals surface area (Å²) in [5.74, 6) is -3.71. The molecule has 1 heterocycles. The molecule has 0 unspecified atom stereocenters. The molecule has 1 saturated heterocycles. The van der Waals surface area contributed by atoms with Gasteiger partial charge in [0.05, 0.1) is 11.3 Å². The normalized spacial score (nSPS) is 15.2. The van der Waals surface area contributed by atoms with E-state index in [1.54, 1.807) is 36.4 Å². The lowest BCUT2D eigenvalue weighted by Crippen LogP contribution is -2.42. The van der Waals surface area contributed by atoms with E-state index in [0.717, 1.165) is 11.8 Å². The zero-order valence-electron chi connectivity index (χ0n) is 15.8. The number of hydrogen-bond donors (Lipinski definition) is 2. The van der Waals surface area contributed by atoms with E-state index in [9.17, 15) is 18.8 Å². The van der Waals surface area contributed by atoms with Crippen LogP contribution in [-0.2, 0) is 25.6 Å². The lowest BCUT2D eigenvalue weighted by atomic mass is 10.1. The molecule has 0 atom stereocenters. The highest BCUT2D eigenvalue weighted by Gasteiger charge is 2.39. The molecule has 8 heteroatoms. The summed E-state index contributed by atoms with van der Waals surface area (Å²) >= 11 is 0. The lowest BCUT2D eigenvalue weighted by Gasteiger charge is -2.29. The van der Waals surface area contributed by atoms with Crippen LogP contribution in [0, 0.1) is 5.82 Å². The first-order valence-electron chi connectivity index (χ1n) is 8.80. The number of para-hydroxylation sites is 1. The summed E-state index contributed by atoms with van der Waals surface area (Å²) < 4.78 is 23.0. The summed E-state index contributed by atoms with van der Waals surface area (Å²) in [6.45, 7) is 3.11. The van der Waals surface area contributed by atoms with Gasteiger partial charge in [0.1, 0.15) is 5.82 Å². The fourth-order valence-electron chi connectivity index (χ4n) is 2.62. The van der Waals surface area contributed by atoms with Gasteiger partial charge in [0, 0.05) is 26.6 Å². The van der Waals surface area contributed by atoms with Gasteiger partial charge < -0.3 is 20.1 Å². The Kier molecular flexibility index (Phi) is 5.63. The van der Waals surface area contributed by atoms with E-state index >= 15 is 0 Å². The van der Waals surface area contributed by atoms with Gasteiger partial charge in [-0.25, -0.2) is 14.0 Å². The van der Waals surface area contributed by atoms with Crippen molar-refractivity contribution >= 4 is 23.5 Å². The van der Waals surface area contributed by atoms with Crippen molar-refractivity contribution in [2.75, 3.05) is 5.32 Å². The smallest absolute Gasteiger partial charge is 0.350 e. The third kappa shape index (κ3) is 4.98. The Labute approximate surface area is 166 Å². The molecule has 0 radical (unpaired) electrons. The van der Waals surface area contributed by atoms with Crippen LogP contribution < -0.4 is 10.6 Å². The molecule has 3 rings (SSSR count). The maximum Gasteiger partial charge on any atom is 0.350 e. The van der Waals surface area contributed by atoms with Crippen molar-refractivity contribution in [3.63, 3.8) is 0 Å². The third-order valence-electron chi connectivity index (χ3n) is 4.03. The fraction of sp³-hybridized carbons (Fsp3) is 0.190. The summed E-state index contributed by atoms with van der Waals surface area (Å²) in [5.41, 5.74) is 1.10. The van der Waals surface area contributed by atoms with Crippen LogP contribution in [0.4, 0.5) is 10.1 Å². The van der Waals surface area contributed by atoms with Crippen LogP contribution in [0.3, 0.4) is 0 Å². The first kappa shape index (κ1) is 20.1. The summed E-state index contributed by atoms with van der Waals surface area (Å²) in [4.78, 5) is 36.6. The number of halogens is 1. The molecule has 1 amide bonds. The van der Waals surface area contributed by atoms with Crippen LogP contribution in [0.5, 0.6) is 0 Å². The standard InChI is InChI=1S/C21H19FN2O5/c1-21(2)28-19(26)16(20(27)29-21)12-23-17-6-4-3-5-15(17)18(25)24-11-13-7-9-14(22)10-8-13/h3-10,12,23H,11H2,1-2H3,(H,24,25). The van der Waals surface area contributed by atoms with E-state index in [2.05, 4.69) is 10.6 Å². The van der Waals surface area contributed by atoms with Gasteiger partial charge in [0.15, 0.2) is 5.57 Å². The molecule has 0 aromatic heterocycles. The van der Waals surface area contributed by atoms with Crippen molar-refractivity contribution in [3.05, 3.63) is 77.2 Å². The maximum absolute atomic E-state index is 13.0. The van der Waals surface area contributed by atoms with E-state index in [0.29, 0.717) is 11.3 Å². The van der Waals surface area contributed by atoms with Crippen molar-refractivity contribution in [2.24, 2.45) is 0 Å². The van der Waals surface area contributed by atoms with E-state index in [1.807, 2.05) is 0 Å². The van der Waals surface area contributed by atoms with Crippen LogP contribution in [0.15, 0.2) is 60.3 Å². The minimum atomic E-state index is -1.33. The Morgan fingerprint density at radius 1 is 1.03 bits per heavy atom. The van der Waals surface area contributed by atoms with Crippen LogP contribution in [0.2, 0.25) is 0 Å². The summed E-state index contributed by atoms with van der Waals surface area (Å²) in [6, 6.07) is 12.3. The number of nitrogens with one attached hydrogen (secondary N) is 2. The van der Waals surface area contributed by atoms with E-state index in [4.69, 9.17) is 9.47 Å². The first-order valence-corrected chi connectivity index (χ1v) is 8.80. The van der Waals surface area contributed by atoms with Crippen LogP contribution in [0.1, 0.15) is 29.8 Å². The highest BCUT2D eigenvalue weighted by molar-refractivity contribution is 6.15. The molecular formula is C21H19FN2O5. The third-order valence-corrected chi connectivity index (χ3v) is 4.03. The van der Waals surface area contributed by atoms with Gasteiger partial charge in [-0.2, -0.15) is 0 Å². The number of benzene rings is 2. The second-order valence-corrected chi connectivity index (χ2v) is 6.74. The molecule has 1 aliphatic heterocycles. The number of carbonyl (C=O) groups is 3. The average Bonchev–Trinajstić information content (AvgIpc) is 2.66. The van der Waals surface area contributed by atoms with Crippen molar-refractivity contribution in [3.8, 4) is 0 Å². The first-order chi connectivity index (χ1) is 13.7. The van der Waals surface area contributed by atoms with Crippen molar-refractivity contribution in [2.45, 2.75) is 26.2 Å². The molecule has 2 aromatic rings. The Balaban J connectivity index is 1.71. The number of amides is 1. The van der Waals surface area contributed by atoms with Crippen LogP contribution in [0.25, 0.3) is 0 Å². The minimum absolute atomic E-state index is 0.211. The summed E-state index contributed by atoms with van der Waals surface area (Å²) in [5, 5.41) is 5.52. The molecule has 0 aliphatic carbocycles. The molecule has 2 aromatic carbocycles. The predicted molar refractivity (Wildman–Crippen MR) is 102 cm³/mol. The highest BCUT2D eigenvalue weighted by Crippen LogP contribution is 2.23. The topological polar surface area (TPSA) is 93.7 Å². The van der Waals surface area contributed by atoms with E-state index in [-0.39, 0.29) is 23.8 Å². The quantitative estimate of drug-likeness (QED) is 0.457. The largest absolute Gasteiger partial charge is 0.419 e. The summed E-state index contributed by atoms with van der Waals surface area (Å²) in [6.07, 6.45) is 1.14. The van der Waals surface area contributed by atoms with Gasteiger partial charge in [-0.1, -0.05) is 24.3 Å². The number of anilines is 1. The molecule has 29 heavy (non-hydrogen) atoms. The zero-order chi connectivity index (χ0) is 21.0. The van der Waals surface area contributed by atoms with E-state index < -0.39 is 17.7 Å². The number of rotatable bonds is 5. The summed E-state index contributed by atoms with van der Waals surface area (Å²) in [7, 11) is 0. The van der Waals surface area contributed by atoms with Gasteiger partial charge in [-0.15, -0.1) is 0 Å². The van der Waals surface area contributed by atoms with Gasteiger partial charge in [0.25, 0.3) is 11.7 Å². The number of carbonyl (C=O) groups excluding carboxylic acids is 3. The molecule has 0 spiro atoms. The van der Waals surface area contributed by atoms with Crippen molar-refractivity contribution in [1.29, 1.82) is 0 Å². The number of hydrogen-bond acceptors (Lipinski definition) is 6. The lowest BCUT2D eigenvalue weighted by molar-refractivity contribution is -0.222. The fourth-order valence-corrected chi connectivity index (χ4v) is 2.62. The van der Waals surface area contributed by atoms with Gasteiger partial charge in [-0.3, -0.25) is 4.79 Å². The molecular weight excluding hydrogens is 379 g/mol. The molecule has 2 N–H and O–H groups in total. The Bertz CT molecular complexity index is 961. The Morgan fingerprint density at radius 3 is 2.31 bits per heavy atom. The molecule has 7 nitrogen and oxygen atoms in total. The molecule has 0 saturated carbocycles. The zero-order valence-corrected chi connectivity index (χ0v) is 15.8. The maximum atomic E-state index is 13.0. The predicted octanol–water partition coefficient (Wildman–Crippen LogP) is 2.89. The van der Waals surface area contributed by atoms with Gasteiger partial charge >= 0.3 is 11.9 Å². The molecule has 1 aliphatic rings. The number of cyclic esters (lactones) is 2. The molecule has 150 valence electrons. The van der Waals surface area contributed by atoms with Gasteiger partial charge in [0.2, 0.25) is 0 Å². The second-order valence-electron chi connectivity index (χ2n) is 6.74. The number of esters is 2. The number of ether oxygens (including phenoxy) is 2. The molecule has 1 fully saturated rings. The second kappa shape index (κ2) is 8.14. The van der Waals surface area contributed by atoms with Crippen LogP contribution >= 0.6 is 0 Å².